The van der Waals surface area contributed by atoms with Crippen LogP contribution < -0.4 is 5.32 Å². The van der Waals surface area contributed by atoms with Gasteiger partial charge in [0.05, 0.1) is 0 Å². The number of nitrogens with zero attached hydrogens (tertiary/aromatic N) is 1. The molecule has 0 aliphatic heterocycles. The lowest BCUT2D eigenvalue weighted by atomic mass is 10.2. The van der Waals surface area contributed by atoms with E-state index in [1.165, 1.54) is 23.5 Å². The van der Waals surface area contributed by atoms with Crippen molar-refractivity contribution in [1.29, 1.82) is 0 Å². The van der Waals surface area contributed by atoms with Gasteiger partial charge >= 0.3 is 0 Å². The molecule has 0 aromatic heterocycles. The fourth-order valence-corrected chi connectivity index (χ4v) is 3.65. The standard InChI is InChI=1S/C14H21FN2O2S/c1-10-6-12(10)9-17(3)20(18,19)14-7-11(8-16-2)4-5-13(14)15/h4-5,7,10,12,16H,6,8-9H2,1-3H3. The molecule has 1 aliphatic carbocycles. The van der Waals surface area contributed by atoms with E-state index in [0.717, 1.165) is 12.0 Å². The van der Waals surface area contributed by atoms with E-state index in [1.54, 1.807) is 13.1 Å². The molecular formula is C14H21FN2O2S. The topological polar surface area (TPSA) is 49.4 Å². The Labute approximate surface area is 120 Å². The molecule has 20 heavy (non-hydrogen) atoms. The lowest BCUT2D eigenvalue weighted by molar-refractivity contribution is 0.439. The first kappa shape index (κ1) is 15.4. The van der Waals surface area contributed by atoms with Gasteiger partial charge < -0.3 is 5.32 Å². The summed E-state index contributed by atoms with van der Waals surface area (Å²) in [6, 6.07) is 4.22. The lowest BCUT2D eigenvalue weighted by Gasteiger charge is -2.18. The molecule has 0 bridgehead atoms. The van der Waals surface area contributed by atoms with E-state index in [1.807, 2.05) is 0 Å². The van der Waals surface area contributed by atoms with E-state index in [9.17, 15) is 12.8 Å². The fourth-order valence-electron chi connectivity index (χ4n) is 2.31. The Hall–Kier alpha value is -0.980. The summed E-state index contributed by atoms with van der Waals surface area (Å²) in [5, 5.41) is 2.93. The summed E-state index contributed by atoms with van der Waals surface area (Å²) in [6.07, 6.45) is 1.04. The highest BCUT2D eigenvalue weighted by Gasteiger charge is 2.36. The Morgan fingerprint density at radius 3 is 2.65 bits per heavy atom. The zero-order valence-corrected chi connectivity index (χ0v) is 12.9. The third kappa shape index (κ3) is 3.19. The number of halogens is 1. The van der Waals surface area contributed by atoms with Gasteiger partial charge in [-0.05, 0) is 43.0 Å². The third-order valence-electron chi connectivity index (χ3n) is 3.83. The van der Waals surface area contributed by atoms with Crippen LogP contribution >= 0.6 is 0 Å². The predicted octanol–water partition coefficient (Wildman–Crippen LogP) is 1.82. The van der Waals surface area contributed by atoms with Crippen LogP contribution in [0.15, 0.2) is 23.1 Å². The molecule has 1 fully saturated rings. The average Bonchev–Trinajstić information content (AvgIpc) is 3.07. The molecule has 0 radical (unpaired) electrons. The molecule has 0 spiro atoms. The molecule has 0 heterocycles. The van der Waals surface area contributed by atoms with E-state index in [-0.39, 0.29) is 4.90 Å². The zero-order chi connectivity index (χ0) is 14.9. The van der Waals surface area contributed by atoms with Gasteiger partial charge in [0.1, 0.15) is 10.7 Å². The Kier molecular flexibility index (Phi) is 4.46. The van der Waals surface area contributed by atoms with Gasteiger partial charge in [0.25, 0.3) is 0 Å². The largest absolute Gasteiger partial charge is 0.316 e. The predicted molar refractivity (Wildman–Crippen MR) is 76.3 cm³/mol. The van der Waals surface area contributed by atoms with Crippen molar-refractivity contribution in [2.24, 2.45) is 11.8 Å². The molecule has 2 rings (SSSR count). The first-order valence-corrected chi connectivity index (χ1v) is 8.19. The molecule has 1 N–H and O–H groups in total. The number of rotatable bonds is 6. The van der Waals surface area contributed by atoms with Gasteiger partial charge in [-0.2, -0.15) is 0 Å². The first-order valence-electron chi connectivity index (χ1n) is 6.75. The summed E-state index contributed by atoms with van der Waals surface area (Å²) in [5.74, 6) is 0.270. The van der Waals surface area contributed by atoms with E-state index < -0.39 is 15.8 Å². The molecule has 0 saturated heterocycles. The van der Waals surface area contributed by atoms with Crippen molar-refractivity contribution in [3.05, 3.63) is 29.6 Å². The fraction of sp³-hybridized carbons (Fsp3) is 0.571. The molecule has 6 heteroatoms. The van der Waals surface area contributed by atoms with Crippen LogP contribution in [0, 0.1) is 17.7 Å². The van der Waals surface area contributed by atoms with E-state index in [4.69, 9.17) is 0 Å². The number of nitrogens with one attached hydrogen (secondary N) is 1. The molecule has 1 aliphatic rings. The Morgan fingerprint density at radius 1 is 1.45 bits per heavy atom. The first-order chi connectivity index (χ1) is 9.36. The van der Waals surface area contributed by atoms with Crippen LogP contribution in [-0.2, 0) is 16.6 Å². The van der Waals surface area contributed by atoms with Crippen LogP contribution in [0.3, 0.4) is 0 Å². The van der Waals surface area contributed by atoms with Crippen LogP contribution in [0.1, 0.15) is 18.9 Å². The maximum Gasteiger partial charge on any atom is 0.245 e. The molecule has 1 saturated carbocycles. The maximum atomic E-state index is 13.9. The van der Waals surface area contributed by atoms with Crippen molar-refractivity contribution in [3.8, 4) is 0 Å². The highest BCUT2D eigenvalue weighted by atomic mass is 32.2. The van der Waals surface area contributed by atoms with Gasteiger partial charge in [0.2, 0.25) is 10.0 Å². The molecule has 0 amide bonds. The zero-order valence-electron chi connectivity index (χ0n) is 12.1. The van der Waals surface area contributed by atoms with Crippen LogP contribution in [0.5, 0.6) is 0 Å². The van der Waals surface area contributed by atoms with Crippen LogP contribution in [0.4, 0.5) is 4.39 Å². The van der Waals surface area contributed by atoms with Gasteiger partial charge in [-0.25, -0.2) is 17.1 Å². The minimum atomic E-state index is -3.76. The average molecular weight is 300 g/mol. The molecule has 1 aromatic carbocycles. The van der Waals surface area contributed by atoms with Crippen molar-refractivity contribution >= 4 is 10.0 Å². The molecular weight excluding hydrogens is 279 g/mol. The van der Waals surface area contributed by atoms with E-state index >= 15 is 0 Å². The number of hydrogen-bond donors (Lipinski definition) is 1. The molecule has 4 nitrogen and oxygen atoms in total. The van der Waals surface area contributed by atoms with Gasteiger partial charge in [0.15, 0.2) is 0 Å². The smallest absolute Gasteiger partial charge is 0.245 e. The highest BCUT2D eigenvalue weighted by Crippen LogP contribution is 2.38. The minimum Gasteiger partial charge on any atom is -0.316 e. The monoisotopic (exact) mass is 300 g/mol. The van der Waals surface area contributed by atoms with Crippen molar-refractivity contribution < 1.29 is 12.8 Å². The highest BCUT2D eigenvalue weighted by molar-refractivity contribution is 7.89. The van der Waals surface area contributed by atoms with Crippen molar-refractivity contribution in [2.75, 3.05) is 20.6 Å². The SMILES string of the molecule is CNCc1ccc(F)c(S(=O)(=O)N(C)CC2CC2C)c1. The number of benzene rings is 1. The van der Waals surface area contributed by atoms with Gasteiger partial charge in [-0.15, -0.1) is 0 Å². The summed E-state index contributed by atoms with van der Waals surface area (Å²) in [5.41, 5.74) is 0.751. The molecule has 112 valence electrons. The quantitative estimate of drug-likeness (QED) is 0.872. The number of sulfonamides is 1. The Balaban J connectivity index is 2.25. The van der Waals surface area contributed by atoms with Crippen molar-refractivity contribution in [3.63, 3.8) is 0 Å². The van der Waals surface area contributed by atoms with Crippen LogP contribution in [0.25, 0.3) is 0 Å². The van der Waals surface area contributed by atoms with Gasteiger partial charge in [0, 0.05) is 20.1 Å². The number of hydrogen-bond acceptors (Lipinski definition) is 3. The van der Waals surface area contributed by atoms with Gasteiger partial charge in [-0.1, -0.05) is 13.0 Å². The van der Waals surface area contributed by atoms with E-state index in [2.05, 4.69) is 12.2 Å². The third-order valence-corrected chi connectivity index (χ3v) is 5.67. The maximum absolute atomic E-state index is 13.9. The summed E-state index contributed by atoms with van der Waals surface area (Å²) in [7, 11) is -0.478. The van der Waals surface area contributed by atoms with Crippen molar-refractivity contribution in [1.82, 2.24) is 9.62 Å². The van der Waals surface area contributed by atoms with Crippen LogP contribution in [0.2, 0.25) is 0 Å². The van der Waals surface area contributed by atoms with E-state index in [0.29, 0.717) is 24.9 Å². The van der Waals surface area contributed by atoms with Crippen molar-refractivity contribution in [2.45, 2.75) is 24.8 Å². The molecule has 2 atom stereocenters. The Bertz CT molecular complexity index is 589. The van der Waals surface area contributed by atoms with Gasteiger partial charge in [-0.3, -0.25) is 0 Å². The second-order valence-electron chi connectivity index (χ2n) is 5.55. The summed E-state index contributed by atoms with van der Waals surface area (Å²) in [4.78, 5) is -0.235. The molecule has 2 unspecified atom stereocenters. The summed E-state index contributed by atoms with van der Waals surface area (Å²) in [6.45, 7) is 3.06. The minimum absolute atomic E-state index is 0.235. The second kappa shape index (κ2) is 5.79. The molecule has 1 aromatic rings. The second-order valence-corrected chi connectivity index (χ2v) is 7.57. The van der Waals surface area contributed by atoms with Crippen LogP contribution in [-0.4, -0.2) is 33.4 Å². The Morgan fingerprint density at radius 2 is 2.10 bits per heavy atom. The normalized spacial score (nSPS) is 22.2. The summed E-state index contributed by atoms with van der Waals surface area (Å²) >= 11 is 0. The summed E-state index contributed by atoms with van der Waals surface area (Å²) < 4.78 is 40.0. The lowest BCUT2D eigenvalue weighted by Crippen LogP contribution is -2.30.